The van der Waals surface area contributed by atoms with Gasteiger partial charge in [-0.3, -0.25) is 9.52 Å². The molecule has 2 aromatic rings. The van der Waals surface area contributed by atoms with Gasteiger partial charge in [0.2, 0.25) is 5.91 Å². The monoisotopic (exact) mass is 360 g/mol. The fourth-order valence-corrected chi connectivity index (χ4v) is 3.82. The van der Waals surface area contributed by atoms with Crippen LogP contribution >= 0.6 is 0 Å². The number of nitrogens with zero attached hydrogens (tertiary/aromatic N) is 1. The molecule has 1 saturated heterocycles. The zero-order valence-electron chi connectivity index (χ0n) is 13.9. The van der Waals surface area contributed by atoms with Crippen molar-refractivity contribution >= 4 is 27.3 Å². The first-order valence-corrected chi connectivity index (χ1v) is 9.55. The van der Waals surface area contributed by atoms with E-state index >= 15 is 0 Å². The summed E-state index contributed by atoms with van der Waals surface area (Å²) in [5.74, 6) is 0.701. The standard InChI is InChI=1S/C18H20N2O4S/c1-24-16-9-11-17(12-10-16)25(22,23)19-14-5-7-15(8-6-14)20-13-3-2-4-18(20)21/h5-12,19H,2-4,13H2,1H3. The van der Waals surface area contributed by atoms with E-state index in [-0.39, 0.29) is 10.8 Å². The summed E-state index contributed by atoms with van der Waals surface area (Å²) in [5, 5.41) is 0. The van der Waals surface area contributed by atoms with Crippen LogP contribution in [0.2, 0.25) is 0 Å². The minimum Gasteiger partial charge on any atom is -0.497 e. The highest BCUT2D eigenvalue weighted by Gasteiger charge is 2.20. The Hall–Kier alpha value is -2.54. The van der Waals surface area contributed by atoms with Crippen LogP contribution in [-0.4, -0.2) is 28.0 Å². The Kier molecular flexibility index (Phi) is 4.94. The summed E-state index contributed by atoms with van der Waals surface area (Å²) < 4.78 is 32.4. The van der Waals surface area contributed by atoms with Crippen molar-refractivity contribution in [2.45, 2.75) is 24.2 Å². The Morgan fingerprint density at radius 2 is 1.68 bits per heavy atom. The summed E-state index contributed by atoms with van der Waals surface area (Å²) in [6.45, 7) is 0.704. The van der Waals surface area contributed by atoms with Crippen molar-refractivity contribution in [1.82, 2.24) is 0 Å². The van der Waals surface area contributed by atoms with Crippen LogP contribution in [0.1, 0.15) is 19.3 Å². The van der Waals surface area contributed by atoms with Gasteiger partial charge in [-0.1, -0.05) is 0 Å². The number of hydrogen-bond donors (Lipinski definition) is 1. The number of ether oxygens (including phenoxy) is 1. The number of methoxy groups -OCH3 is 1. The molecular weight excluding hydrogens is 340 g/mol. The minimum absolute atomic E-state index is 0.109. The van der Waals surface area contributed by atoms with Crippen LogP contribution in [-0.2, 0) is 14.8 Å². The second-order valence-corrected chi connectivity index (χ2v) is 7.51. The highest BCUT2D eigenvalue weighted by atomic mass is 32.2. The van der Waals surface area contributed by atoms with Gasteiger partial charge < -0.3 is 9.64 Å². The summed E-state index contributed by atoms with van der Waals surface area (Å²) >= 11 is 0. The van der Waals surface area contributed by atoms with Crippen molar-refractivity contribution in [3.05, 3.63) is 48.5 Å². The number of nitrogens with one attached hydrogen (secondary N) is 1. The Bertz CT molecular complexity index is 846. The Morgan fingerprint density at radius 1 is 1.00 bits per heavy atom. The molecule has 2 aromatic carbocycles. The molecule has 0 bridgehead atoms. The van der Waals surface area contributed by atoms with Crippen LogP contribution < -0.4 is 14.4 Å². The van der Waals surface area contributed by atoms with Gasteiger partial charge in [-0.25, -0.2) is 8.42 Å². The van der Waals surface area contributed by atoms with Crippen LogP contribution in [0.15, 0.2) is 53.4 Å². The Morgan fingerprint density at radius 3 is 2.28 bits per heavy atom. The molecule has 1 aliphatic rings. The predicted octanol–water partition coefficient (Wildman–Crippen LogP) is 3.01. The second-order valence-electron chi connectivity index (χ2n) is 5.83. The Labute approximate surface area is 147 Å². The summed E-state index contributed by atoms with van der Waals surface area (Å²) in [5.41, 5.74) is 1.24. The lowest BCUT2D eigenvalue weighted by atomic mass is 10.1. The van der Waals surface area contributed by atoms with Gasteiger partial charge in [0.25, 0.3) is 10.0 Å². The first-order chi connectivity index (χ1) is 12.0. The molecule has 0 spiro atoms. The van der Waals surface area contributed by atoms with Gasteiger partial charge in [0.15, 0.2) is 0 Å². The van der Waals surface area contributed by atoms with E-state index in [2.05, 4.69) is 4.72 Å². The number of anilines is 2. The fraction of sp³-hybridized carbons (Fsp3) is 0.278. The maximum Gasteiger partial charge on any atom is 0.261 e. The molecular formula is C18H20N2O4S. The van der Waals surface area contributed by atoms with Gasteiger partial charge in [-0.15, -0.1) is 0 Å². The van der Waals surface area contributed by atoms with Gasteiger partial charge in [0.1, 0.15) is 5.75 Å². The third-order valence-electron chi connectivity index (χ3n) is 4.12. The Balaban J connectivity index is 1.74. The van der Waals surface area contributed by atoms with Crippen molar-refractivity contribution in [2.75, 3.05) is 23.3 Å². The second kappa shape index (κ2) is 7.14. The normalized spacial score (nSPS) is 15.1. The SMILES string of the molecule is COc1ccc(S(=O)(=O)Nc2ccc(N3CCCCC3=O)cc2)cc1. The molecule has 0 aliphatic carbocycles. The number of hydrogen-bond acceptors (Lipinski definition) is 4. The number of amides is 1. The molecule has 0 unspecified atom stereocenters. The van der Waals surface area contributed by atoms with E-state index in [1.54, 1.807) is 41.3 Å². The first kappa shape index (κ1) is 17.3. The van der Waals surface area contributed by atoms with Crippen LogP contribution in [0.3, 0.4) is 0 Å². The average Bonchev–Trinajstić information content (AvgIpc) is 2.63. The fourth-order valence-electron chi connectivity index (χ4n) is 2.76. The quantitative estimate of drug-likeness (QED) is 0.889. The summed E-state index contributed by atoms with van der Waals surface area (Å²) in [7, 11) is -2.15. The molecule has 0 saturated carbocycles. The van der Waals surface area contributed by atoms with Crippen molar-refractivity contribution in [3.8, 4) is 5.75 Å². The van der Waals surface area contributed by atoms with E-state index in [1.807, 2.05) is 0 Å². The van der Waals surface area contributed by atoms with Gasteiger partial charge in [-0.05, 0) is 61.4 Å². The molecule has 132 valence electrons. The largest absolute Gasteiger partial charge is 0.497 e. The summed E-state index contributed by atoms with van der Waals surface area (Å²) in [4.78, 5) is 13.8. The number of piperidine rings is 1. The van der Waals surface area contributed by atoms with Gasteiger partial charge in [-0.2, -0.15) is 0 Å². The van der Waals surface area contributed by atoms with E-state index in [9.17, 15) is 13.2 Å². The molecule has 0 radical (unpaired) electrons. The van der Waals surface area contributed by atoms with E-state index < -0.39 is 10.0 Å². The maximum absolute atomic E-state index is 12.4. The summed E-state index contributed by atoms with van der Waals surface area (Å²) in [6, 6.07) is 13.0. The average molecular weight is 360 g/mol. The van der Waals surface area contributed by atoms with Gasteiger partial charge >= 0.3 is 0 Å². The van der Waals surface area contributed by atoms with Crippen molar-refractivity contribution in [3.63, 3.8) is 0 Å². The topological polar surface area (TPSA) is 75.7 Å². The highest BCUT2D eigenvalue weighted by Crippen LogP contribution is 2.24. The third kappa shape index (κ3) is 3.93. The number of rotatable bonds is 5. The molecule has 1 amide bonds. The van der Waals surface area contributed by atoms with E-state index in [1.165, 1.54) is 19.2 Å². The van der Waals surface area contributed by atoms with Gasteiger partial charge in [0.05, 0.1) is 12.0 Å². The highest BCUT2D eigenvalue weighted by molar-refractivity contribution is 7.92. The number of sulfonamides is 1. The molecule has 0 atom stereocenters. The molecule has 25 heavy (non-hydrogen) atoms. The predicted molar refractivity (Wildman–Crippen MR) is 96.4 cm³/mol. The maximum atomic E-state index is 12.4. The van der Waals surface area contributed by atoms with E-state index in [4.69, 9.17) is 4.74 Å². The number of benzene rings is 2. The van der Waals surface area contributed by atoms with Crippen molar-refractivity contribution in [2.24, 2.45) is 0 Å². The lowest BCUT2D eigenvalue weighted by Gasteiger charge is -2.26. The summed E-state index contributed by atoms with van der Waals surface area (Å²) in [6.07, 6.45) is 2.47. The molecule has 1 aliphatic heterocycles. The molecule has 1 N–H and O–H groups in total. The molecule has 3 rings (SSSR count). The number of carbonyl (C=O) groups excluding carboxylic acids is 1. The number of carbonyl (C=O) groups is 1. The molecule has 7 heteroatoms. The van der Waals surface area contributed by atoms with Crippen LogP contribution in [0, 0.1) is 0 Å². The van der Waals surface area contributed by atoms with Crippen LogP contribution in [0.4, 0.5) is 11.4 Å². The molecule has 0 aromatic heterocycles. The van der Waals surface area contributed by atoms with Crippen molar-refractivity contribution in [1.29, 1.82) is 0 Å². The first-order valence-electron chi connectivity index (χ1n) is 8.07. The lowest BCUT2D eigenvalue weighted by molar-refractivity contribution is -0.119. The zero-order valence-corrected chi connectivity index (χ0v) is 14.8. The van der Waals surface area contributed by atoms with Crippen LogP contribution in [0.5, 0.6) is 5.75 Å². The van der Waals surface area contributed by atoms with Crippen LogP contribution in [0.25, 0.3) is 0 Å². The lowest BCUT2D eigenvalue weighted by Crippen LogP contribution is -2.35. The molecule has 6 nitrogen and oxygen atoms in total. The van der Waals surface area contributed by atoms with Crippen molar-refractivity contribution < 1.29 is 17.9 Å². The smallest absolute Gasteiger partial charge is 0.261 e. The third-order valence-corrected chi connectivity index (χ3v) is 5.52. The van der Waals surface area contributed by atoms with E-state index in [0.29, 0.717) is 24.4 Å². The zero-order chi connectivity index (χ0) is 17.9. The van der Waals surface area contributed by atoms with Gasteiger partial charge in [0, 0.05) is 24.3 Å². The minimum atomic E-state index is -3.67. The molecule has 1 heterocycles. The molecule has 1 fully saturated rings. The van der Waals surface area contributed by atoms with E-state index in [0.717, 1.165) is 18.5 Å².